The first-order valence-electron chi connectivity index (χ1n) is 7.83. The number of nitrogens with one attached hydrogen (secondary N) is 2. The molecule has 0 spiro atoms. The fraction of sp³-hybridized carbons (Fsp3) is 0.118. The molecule has 2 heterocycles. The minimum atomic E-state index is -0.679. The van der Waals surface area contributed by atoms with Crippen LogP contribution in [0.25, 0.3) is 0 Å². The maximum Gasteiger partial charge on any atom is 0.358 e. The van der Waals surface area contributed by atoms with E-state index in [0.717, 1.165) is 5.56 Å². The molecule has 8 nitrogen and oxygen atoms in total. The number of imidazole rings is 1. The lowest BCUT2D eigenvalue weighted by Gasteiger charge is -2.10. The maximum absolute atomic E-state index is 12.4. The summed E-state index contributed by atoms with van der Waals surface area (Å²) in [5.41, 5.74) is 0.882. The van der Waals surface area contributed by atoms with Gasteiger partial charge in [-0.25, -0.2) is 9.78 Å². The van der Waals surface area contributed by atoms with Crippen molar-refractivity contribution in [3.8, 4) is 0 Å². The van der Waals surface area contributed by atoms with Crippen LogP contribution >= 0.6 is 35.4 Å². The van der Waals surface area contributed by atoms with Crippen molar-refractivity contribution in [1.82, 2.24) is 19.5 Å². The van der Waals surface area contributed by atoms with Crippen molar-refractivity contribution in [2.45, 2.75) is 6.54 Å². The number of methoxy groups -OCH3 is 1. The van der Waals surface area contributed by atoms with Crippen LogP contribution in [0, 0.1) is 4.77 Å². The third kappa shape index (κ3) is 4.22. The van der Waals surface area contributed by atoms with Gasteiger partial charge in [0.15, 0.2) is 10.5 Å². The number of hydrogen-bond acceptors (Lipinski definition) is 6. The summed E-state index contributed by atoms with van der Waals surface area (Å²) in [5.74, 6) is -1.15. The number of ether oxygens (including phenoxy) is 1. The first-order chi connectivity index (χ1) is 13.4. The van der Waals surface area contributed by atoms with E-state index in [9.17, 15) is 9.59 Å². The van der Waals surface area contributed by atoms with E-state index in [1.807, 2.05) is 0 Å². The van der Waals surface area contributed by atoms with Crippen LogP contribution in [0.15, 0.2) is 36.8 Å². The Kier molecular flexibility index (Phi) is 6.08. The van der Waals surface area contributed by atoms with Gasteiger partial charge in [-0.2, -0.15) is 0 Å². The molecule has 11 heteroatoms. The molecule has 1 aromatic carbocycles. The zero-order chi connectivity index (χ0) is 20.3. The normalized spacial score (nSPS) is 10.5. The van der Waals surface area contributed by atoms with Gasteiger partial charge in [-0.3, -0.25) is 9.78 Å². The molecule has 144 valence electrons. The number of H-pyrrole nitrogens is 1. The van der Waals surface area contributed by atoms with Gasteiger partial charge in [-0.15, -0.1) is 0 Å². The average molecular weight is 438 g/mol. The molecule has 2 N–H and O–H groups in total. The van der Waals surface area contributed by atoms with Crippen LogP contribution in [0.1, 0.15) is 26.5 Å². The van der Waals surface area contributed by atoms with Gasteiger partial charge in [0.2, 0.25) is 0 Å². The van der Waals surface area contributed by atoms with Crippen LogP contribution in [0.4, 0.5) is 5.82 Å². The Morgan fingerprint density at radius 1 is 1.29 bits per heavy atom. The number of aromatic amines is 1. The zero-order valence-corrected chi connectivity index (χ0v) is 16.7. The van der Waals surface area contributed by atoms with E-state index in [-0.39, 0.29) is 28.5 Å². The Bertz CT molecular complexity index is 1100. The van der Waals surface area contributed by atoms with Gasteiger partial charge in [-0.05, 0) is 29.9 Å². The summed E-state index contributed by atoms with van der Waals surface area (Å²) in [7, 11) is 1.23. The van der Waals surface area contributed by atoms with Gasteiger partial charge in [0, 0.05) is 12.4 Å². The van der Waals surface area contributed by atoms with E-state index < -0.39 is 11.9 Å². The number of rotatable bonds is 5. The Hall–Kier alpha value is -2.75. The van der Waals surface area contributed by atoms with E-state index in [1.165, 1.54) is 30.3 Å². The Labute approximate surface area is 174 Å². The van der Waals surface area contributed by atoms with Gasteiger partial charge in [0.25, 0.3) is 5.91 Å². The van der Waals surface area contributed by atoms with Crippen molar-refractivity contribution >= 4 is 53.1 Å². The van der Waals surface area contributed by atoms with Crippen molar-refractivity contribution in [3.05, 3.63) is 68.6 Å². The maximum atomic E-state index is 12.4. The molecule has 0 bridgehead atoms. The molecular formula is C17H13Cl2N5O3S. The highest BCUT2D eigenvalue weighted by molar-refractivity contribution is 7.71. The fourth-order valence-corrected chi connectivity index (χ4v) is 3.01. The van der Waals surface area contributed by atoms with Crippen LogP contribution in [0.3, 0.4) is 0 Å². The zero-order valence-electron chi connectivity index (χ0n) is 14.4. The first kappa shape index (κ1) is 20.0. The second-order valence-corrected chi connectivity index (χ2v) is 6.73. The van der Waals surface area contributed by atoms with Gasteiger partial charge in [0.1, 0.15) is 11.5 Å². The van der Waals surface area contributed by atoms with Crippen molar-refractivity contribution in [2.75, 3.05) is 12.4 Å². The monoisotopic (exact) mass is 437 g/mol. The molecule has 28 heavy (non-hydrogen) atoms. The second kappa shape index (κ2) is 8.51. The topological polar surface area (TPSA) is 102 Å². The van der Waals surface area contributed by atoms with Gasteiger partial charge in [-0.1, -0.05) is 29.3 Å². The van der Waals surface area contributed by atoms with Crippen LogP contribution in [-0.2, 0) is 11.3 Å². The van der Waals surface area contributed by atoms with Gasteiger partial charge >= 0.3 is 5.97 Å². The Balaban J connectivity index is 1.99. The Morgan fingerprint density at radius 3 is 2.71 bits per heavy atom. The van der Waals surface area contributed by atoms with Crippen LogP contribution in [0.2, 0.25) is 10.0 Å². The lowest BCUT2D eigenvalue weighted by Crippen LogP contribution is -2.18. The molecule has 3 aromatic rings. The molecule has 0 unspecified atom stereocenters. The molecule has 0 aliphatic carbocycles. The molecule has 1 amide bonds. The number of halogens is 2. The minimum Gasteiger partial charge on any atom is -0.464 e. The predicted molar refractivity (Wildman–Crippen MR) is 107 cm³/mol. The average Bonchev–Trinajstić information content (AvgIpc) is 2.99. The first-order valence-corrected chi connectivity index (χ1v) is 8.99. The third-order valence-corrected chi connectivity index (χ3v) is 4.78. The summed E-state index contributed by atoms with van der Waals surface area (Å²) in [6, 6.07) is 5.06. The second-order valence-electron chi connectivity index (χ2n) is 5.52. The number of nitrogens with zero attached hydrogens (tertiary/aromatic N) is 3. The number of aromatic nitrogens is 4. The van der Waals surface area contributed by atoms with E-state index in [1.54, 1.807) is 18.2 Å². The molecular weight excluding hydrogens is 425 g/mol. The van der Waals surface area contributed by atoms with E-state index >= 15 is 0 Å². The van der Waals surface area contributed by atoms with Crippen LogP contribution in [0.5, 0.6) is 0 Å². The SMILES string of the molecule is COC(=O)c1c(NC(=O)c2cnccn2)[nH]c(=S)n1Cc1ccc(Cl)c(Cl)c1. The predicted octanol–water partition coefficient (Wildman–Crippen LogP) is 3.73. The van der Waals surface area contributed by atoms with Gasteiger partial charge in [0.05, 0.1) is 29.9 Å². The molecule has 0 saturated heterocycles. The molecule has 0 saturated carbocycles. The smallest absolute Gasteiger partial charge is 0.358 e. The molecule has 0 aliphatic rings. The number of esters is 1. The number of hydrogen-bond donors (Lipinski definition) is 2. The number of amides is 1. The highest BCUT2D eigenvalue weighted by Gasteiger charge is 2.23. The summed E-state index contributed by atoms with van der Waals surface area (Å²) in [6.45, 7) is 0.206. The molecule has 0 atom stereocenters. The standard InChI is InChI=1S/C17H13Cl2N5O3S/c1-27-16(26)13-14(22-15(25)12-7-20-4-5-21-12)23-17(28)24(13)8-9-2-3-10(18)11(19)6-9/h2-7H,8H2,1H3,(H,22,25)(H,23,28). The molecule has 2 aromatic heterocycles. The number of carbonyl (C=O) groups excluding carboxylic acids is 2. The van der Waals surface area contributed by atoms with Crippen LogP contribution in [-0.4, -0.2) is 38.5 Å². The number of benzene rings is 1. The summed E-state index contributed by atoms with van der Waals surface area (Å²) in [5, 5.41) is 3.36. The van der Waals surface area contributed by atoms with E-state index in [2.05, 4.69) is 20.3 Å². The summed E-state index contributed by atoms with van der Waals surface area (Å²) < 4.78 is 6.55. The number of anilines is 1. The van der Waals surface area contributed by atoms with Crippen LogP contribution < -0.4 is 5.32 Å². The Morgan fingerprint density at radius 2 is 2.07 bits per heavy atom. The number of carbonyl (C=O) groups is 2. The summed E-state index contributed by atoms with van der Waals surface area (Å²) >= 11 is 17.3. The molecule has 0 radical (unpaired) electrons. The minimum absolute atomic E-state index is 0.0517. The molecule has 0 fully saturated rings. The lowest BCUT2D eigenvalue weighted by atomic mass is 10.2. The fourth-order valence-electron chi connectivity index (χ4n) is 2.43. The third-order valence-electron chi connectivity index (χ3n) is 3.72. The lowest BCUT2D eigenvalue weighted by molar-refractivity contribution is 0.0590. The van der Waals surface area contributed by atoms with Crippen molar-refractivity contribution in [3.63, 3.8) is 0 Å². The molecule has 0 aliphatic heterocycles. The van der Waals surface area contributed by atoms with E-state index in [4.69, 9.17) is 40.2 Å². The molecule has 3 rings (SSSR count). The van der Waals surface area contributed by atoms with Crippen molar-refractivity contribution < 1.29 is 14.3 Å². The van der Waals surface area contributed by atoms with Crippen molar-refractivity contribution in [1.29, 1.82) is 0 Å². The van der Waals surface area contributed by atoms with Crippen molar-refractivity contribution in [2.24, 2.45) is 0 Å². The summed E-state index contributed by atoms with van der Waals surface area (Å²) in [4.78, 5) is 35.3. The summed E-state index contributed by atoms with van der Waals surface area (Å²) in [6.07, 6.45) is 4.13. The largest absolute Gasteiger partial charge is 0.464 e. The highest BCUT2D eigenvalue weighted by atomic mass is 35.5. The van der Waals surface area contributed by atoms with E-state index in [0.29, 0.717) is 10.0 Å². The quantitative estimate of drug-likeness (QED) is 0.465. The van der Waals surface area contributed by atoms with Gasteiger partial charge < -0.3 is 19.6 Å². The highest BCUT2D eigenvalue weighted by Crippen LogP contribution is 2.24.